The molecule has 1 aromatic heterocycles. The van der Waals surface area contributed by atoms with Crippen molar-refractivity contribution < 1.29 is 14.7 Å². The third-order valence-corrected chi connectivity index (χ3v) is 3.99. The fourth-order valence-electron chi connectivity index (χ4n) is 2.85. The van der Waals surface area contributed by atoms with Crippen molar-refractivity contribution in [2.45, 2.75) is 45.1 Å². The third kappa shape index (κ3) is 3.18. The lowest BCUT2D eigenvalue weighted by Crippen LogP contribution is -2.41. The molecule has 1 saturated carbocycles. The number of nitrogens with zero attached hydrogens (tertiary/aromatic N) is 1. The summed E-state index contributed by atoms with van der Waals surface area (Å²) in [6, 6.07) is -0.186. The number of aliphatic carboxylic acids is 1. The van der Waals surface area contributed by atoms with Gasteiger partial charge in [-0.3, -0.25) is 9.59 Å². The van der Waals surface area contributed by atoms with Crippen LogP contribution >= 0.6 is 0 Å². The van der Waals surface area contributed by atoms with Gasteiger partial charge >= 0.3 is 5.97 Å². The maximum absolute atomic E-state index is 12.4. The Morgan fingerprint density at radius 3 is 2.70 bits per heavy atom. The zero-order chi connectivity index (χ0) is 14.5. The lowest BCUT2D eigenvalue weighted by atomic mass is 9.78. The number of amides is 1. The first-order valence-corrected chi connectivity index (χ1v) is 7.16. The van der Waals surface area contributed by atoms with Gasteiger partial charge in [0.2, 0.25) is 5.91 Å². The number of carbonyl (C=O) groups is 2. The second-order valence-corrected chi connectivity index (χ2v) is 5.28. The van der Waals surface area contributed by atoms with E-state index in [0.29, 0.717) is 25.1 Å². The van der Waals surface area contributed by atoms with Crippen molar-refractivity contribution >= 4 is 11.9 Å². The van der Waals surface area contributed by atoms with Crippen molar-refractivity contribution in [2.24, 2.45) is 11.8 Å². The van der Waals surface area contributed by atoms with Gasteiger partial charge < -0.3 is 15.4 Å². The number of carboxylic acid groups (broad SMARTS) is 1. The molecule has 0 aliphatic heterocycles. The number of hydrogen-bond donors (Lipinski definition) is 3. The molecule has 0 radical (unpaired) electrons. The van der Waals surface area contributed by atoms with Crippen molar-refractivity contribution in [1.29, 1.82) is 0 Å². The number of H-pyrrole nitrogens is 1. The van der Waals surface area contributed by atoms with Crippen LogP contribution in [0.4, 0.5) is 0 Å². The van der Waals surface area contributed by atoms with Gasteiger partial charge in [0, 0.05) is 12.4 Å². The van der Waals surface area contributed by atoms with E-state index >= 15 is 0 Å². The number of imidazole rings is 1. The molecule has 1 unspecified atom stereocenters. The van der Waals surface area contributed by atoms with Gasteiger partial charge in [0.05, 0.1) is 17.9 Å². The highest BCUT2D eigenvalue weighted by atomic mass is 16.4. The van der Waals surface area contributed by atoms with Crippen LogP contribution in [0.5, 0.6) is 0 Å². The van der Waals surface area contributed by atoms with Gasteiger partial charge in [-0.05, 0) is 19.3 Å². The zero-order valence-electron chi connectivity index (χ0n) is 11.6. The Hall–Kier alpha value is -1.85. The summed E-state index contributed by atoms with van der Waals surface area (Å²) in [7, 11) is 0. The zero-order valence-corrected chi connectivity index (χ0v) is 11.6. The summed E-state index contributed by atoms with van der Waals surface area (Å²) in [6.07, 6.45) is 7.11. The third-order valence-electron chi connectivity index (χ3n) is 3.99. The number of rotatable bonds is 5. The Kier molecular flexibility index (Phi) is 4.76. The molecule has 0 bridgehead atoms. The molecule has 0 aromatic carbocycles. The Labute approximate surface area is 118 Å². The fraction of sp³-hybridized carbons (Fsp3) is 0.643. The van der Waals surface area contributed by atoms with E-state index in [1.807, 2.05) is 6.92 Å². The minimum atomic E-state index is -0.865. The first-order chi connectivity index (χ1) is 9.63. The molecule has 0 saturated heterocycles. The number of carboxylic acids is 1. The number of carbonyl (C=O) groups excluding carboxylic acids is 1. The van der Waals surface area contributed by atoms with E-state index in [4.69, 9.17) is 0 Å². The van der Waals surface area contributed by atoms with Crippen LogP contribution in [0.3, 0.4) is 0 Å². The van der Waals surface area contributed by atoms with Gasteiger partial charge in [-0.15, -0.1) is 0 Å². The van der Waals surface area contributed by atoms with E-state index in [2.05, 4.69) is 15.3 Å². The second kappa shape index (κ2) is 6.54. The predicted molar refractivity (Wildman–Crippen MR) is 72.8 cm³/mol. The SMILES string of the molecule is CCC(NC(=O)[C@@H]1CCCC[C@@H]1C(=O)O)c1ncc[nH]1. The number of aromatic amines is 1. The van der Waals surface area contributed by atoms with E-state index in [1.165, 1.54) is 0 Å². The Morgan fingerprint density at radius 1 is 1.45 bits per heavy atom. The topological polar surface area (TPSA) is 95.1 Å². The van der Waals surface area contributed by atoms with Gasteiger partial charge in [-0.1, -0.05) is 19.8 Å². The Bertz CT molecular complexity index is 458. The normalized spacial score (nSPS) is 24.1. The Morgan fingerprint density at radius 2 is 2.15 bits per heavy atom. The summed E-state index contributed by atoms with van der Waals surface area (Å²) in [5.74, 6) is -1.30. The lowest BCUT2D eigenvalue weighted by molar-refractivity contribution is -0.149. The van der Waals surface area contributed by atoms with Crippen molar-refractivity contribution in [1.82, 2.24) is 15.3 Å². The summed E-state index contributed by atoms with van der Waals surface area (Å²) in [5, 5.41) is 12.2. The van der Waals surface area contributed by atoms with Gasteiger partial charge in [0.25, 0.3) is 0 Å². The molecule has 1 aliphatic rings. The van der Waals surface area contributed by atoms with Crippen molar-refractivity contribution in [3.05, 3.63) is 18.2 Å². The minimum Gasteiger partial charge on any atom is -0.481 e. The molecule has 1 aromatic rings. The first-order valence-electron chi connectivity index (χ1n) is 7.16. The summed E-state index contributed by atoms with van der Waals surface area (Å²) in [5.41, 5.74) is 0. The van der Waals surface area contributed by atoms with Crippen LogP contribution in [0.1, 0.15) is 50.9 Å². The molecule has 20 heavy (non-hydrogen) atoms. The molecule has 6 nitrogen and oxygen atoms in total. The van der Waals surface area contributed by atoms with E-state index in [1.54, 1.807) is 12.4 Å². The largest absolute Gasteiger partial charge is 0.481 e. The Balaban J connectivity index is 2.04. The molecule has 2 rings (SSSR count). The predicted octanol–water partition coefficient (Wildman–Crippen LogP) is 1.87. The second-order valence-electron chi connectivity index (χ2n) is 5.28. The number of hydrogen-bond acceptors (Lipinski definition) is 3. The van der Waals surface area contributed by atoms with Crippen molar-refractivity contribution in [3.8, 4) is 0 Å². The van der Waals surface area contributed by atoms with Crippen molar-refractivity contribution in [2.75, 3.05) is 0 Å². The van der Waals surface area contributed by atoms with E-state index < -0.39 is 17.8 Å². The van der Waals surface area contributed by atoms with Crippen LogP contribution in [-0.4, -0.2) is 27.0 Å². The molecule has 1 heterocycles. The highest BCUT2D eigenvalue weighted by Gasteiger charge is 2.36. The summed E-state index contributed by atoms with van der Waals surface area (Å²) in [4.78, 5) is 30.8. The highest BCUT2D eigenvalue weighted by Crippen LogP contribution is 2.31. The molecule has 1 aliphatic carbocycles. The van der Waals surface area contributed by atoms with Crippen LogP contribution in [0, 0.1) is 11.8 Å². The molecule has 6 heteroatoms. The molecule has 3 N–H and O–H groups in total. The number of nitrogens with one attached hydrogen (secondary N) is 2. The van der Waals surface area contributed by atoms with Gasteiger partial charge in [-0.25, -0.2) is 4.98 Å². The first kappa shape index (κ1) is 14.6. The van der Waals surface area contributed by atoms with Crippen molar-refractivity contribution in [3.63, 3.8) is 0 Å². The van der Waals surface area contributed by atoms with Crippen LogP contribution in [0.15, 0.2) is 12.4 Å². The average molecular weight is 279 g/mol. The molecular formula is C14H21N3O3. The number of aromatic nitrogens is 2. The van der Waals surface area contributed by atoms with Gasteiger partial charge in [0.15, 0.2) is 0 Å². The molecule has 110 valence electrons. The van der Waals surface area contributed by atoms with E-state index in [9.17, 15) is 14.7 Å². The molecule has 3 atom stereocenters. The highest BCUT2D eigenvalue weighted by molar-refractivity contribution is 5.85. The standard InChI is InChI=1S/C14H21N3O3/c1-2-11(12-15-7-8-16-12)17-13(18)9-5-3-4-6-10(9)14(19)20/h7-11H,2-6H2,1H3,(H,15,16)(H,17,18)(H,19,20)/t9-,10+,11?/m1/s1. The summed E-state index contributed by atoms with van der Waals surface area (Å²) in [6.45, 7) is 1.96. The molecule has 1 amide bonds. The maximum atomic E-state index is 12.4. The van der Waals surface area contributed by atoms with Gasteiger partial charge in [0.1, 0.15) is 5.82 Å². The minimum absolute atomic E-state index is 0.166. The van der Waals surface area contributed by atoms with E-state index in [-0.39, 0.29) is 11.9 Å². The van der Waals surface area contributed by atoms with Gasteiger partial charge in [-0.2, -0.15) is 0 Å². The molecule has 0 spiro atoms. The summed E-state index contributed by atoms with van der Waals surface area (Å²) < 4.78 is 0. The van der Waals surface area contributed by atoms with Crippen LogP contribution in [0.25, 0.3) is 0 Å². The average Bonchev–Trinajstić information content (AvgIpc) is 2.98. The quantitative estimate of drug-likeness (QED) is 0.766. The van der Waals surface area contributed by atoms with Crippen LogP contribution < -0.4 is 5.32 Å². The van der Waals surface area contributed by atoms with Crippen LogP contribution in [0.2, 0.25) is 0 Å². The van der Waals surface area contributed by atoms with Crippen LogP contribution in [-0.2, 0) is 9.59 Å². The lowest BCUT2D eigenvalue weighted by Gasteiger charge is -2.28. The van der Waals surface area contributed by atoms with E-state index in [0.717, 1.165) is 12.8 Å². The maximum Gasteiger partial charge on any atom is 0.307 e. The fourth-order valence-corrected chi connectivity index (χ4v) is 2.85. The molecule has 1 fully saturated rings. The smallest absolute Gasteiger partial charge is 0.307 e. The summed E-state index contributed by atoms with van der Waals surface area (Å²) >= 11 is 0. The molecular weight excluding hydrogens is 258 g/mol. The monoisotopic (exact) mass is 279 g/mol.